The number of nitrogens with one attached hydrogen (secondary N) is 1. The van der Waals surface area contributed by atoms with E-state index in [1.807, 2.05) is 12.1 Å². The summed E-state index contributed by atoms with van der Waals surface area (Å²) in [6.45, 7) is 7.14. The molecule has 1 aromatic heterocycles. The van der Waals surface area contributed by atoms with Gasteiger partial charge in [-0.3, -0.25) is 9.78 Å². The molecule has 5 heteroatoms. The van der Waals surface area contributed by atoms with Crippen molar-refractivity contribution in [3.8, 4) is 0 Å². The molecule has 1 aliphatic heterocycles. The van der Waals surface area contributed by atoms with Gasteiger partial charge in [0.1, 0.15) is 5.69 Å². The summed E-state index contributed by atoms with van der Waals surface area (Å²) in [5.41, 5.74) is 1.44. The van der Waals surface area contributed by atoms with Crippen LogP contribution in [-0.4, -0.2) is 43.7 Å². The van der Waals surface area contributed by atoms with E-state index in [-0.39, 0.29) is 5.91 Å². The molecule has 0 unspecified atom stereocenters. The topological polar surface area (TPSA) is 54.5 Å². The number of pyridine rings is 1. The zero-order valence-electron chi connectivity index (χ0n) is 10.3. The molecular formula is C13H17N3O2. The Morgan fingerprint density at radius 1 is 1.56 bits per heavy atom. The van der Waals surface area contributed by atoms with Gasteiger partial charge in [0.05, 0.1) is 13.2 Å². The van der Waals surface area contributed by atoms with Crippen molar-refractivity contribution < 1.29 is 9.53 Å². The van der Waals surface area contributed by atoms with Gasteiger partial charge in [-0.1, -0.05) is 6.08 Å². The van der Waals surface area contributed by atoms with Crippen molar-refractivity contribution in [2.75, 3.05) is 37.7 Å². The third kappa shape index (κ3) is 3.07. The van der Waals surface area contributed by atoms with Crippen molar-refractivity contribution in [3.05, 3.63) is 36.7 Å². The lowest BCUT2D eigenvalue weighted by atomic mass is 10.2. The maximum Gasteiger partial charge on any atom is 0.270 e. The predicted octanol–water partition coefficient (Wildman–Crippen LogP) is 0.834. The Kier molecular flexibility index (Phi) is 4.30. The van der Waals surface area contributed by atoms with Crippen LogP contribution < -0.4 is 10.2 Å². The highest BCUT2D eigenvalue weighted by molar-refractivity contribution is 5.93. The van der Waals surface area contributed by atoms with Crippen LogP contribution in [0.2, 0.25) is 0 Å². The van der Waals surface area contributed by atoms with Crippen molar-refractivity contribution in [2.24, 2.45) is 0 Å². The van der Waals surface area contributed by atoms with E-state index in [1.165, 1.54) is 0 Å². The van der Waals surface area contributed by atoms with Crippen LogP contribution in [-0.2, 0) is 4.74 Å². The Morgan fingerprint density at radius 2 is 2.33 bits per heavy atom. The number of aromatic nitrogens is 1. The second-order valence-corrected chi connectivity index (χ2v) is 4.00. The SMILES string of the molecule is C=CCNC(=O)c1cc(N2CCOCC2)ccn1. The van der Waals surface area contributed by atoms with Crippen LogP contribution in [0.3, 0.4) is 0 Å². The maximum atomic E-state index is 11.8. The van der Waals surface area contributed by atoms with E-state index in [9.17, 15) is 4.79 Å². The van der Waals surface area contributed by atoms with Gasteiger partial charge in [0.25, 0.3) is 5.91 Å². The molecule has 2 heterocycles. The summed E-state index contributed by atoms with van der Waals surface area (Å²) in [4.78, 5) is 18.0. The number of nitrogens with zero attached hydrogens (tertiary/aromatic N) is 2. The van der Waals surface area contributed by atoms with Gasteiger partial charge in [-0.05, 0) is 12.1 Å². The number of carbonyl (C=O) groups is 1. The fourth-order valence-electron chi connectivity index (χ4n) is 1.82. The Bertz CT molecular complexity index is 428. The molecule has 5 nitrogen and oxygen atoms in total. The second kappa shape index (κ2) is 6.16. The molecule has 1 fully saturated rings. The molecule has 1 aromatic rings. The first-order valence-electron chi connectivity index (χ1n) is 5.99. The first-order chi connectivity index (χ1) is 8.81. The average molecular weight is 247 g/mol. The van der Waals surface area contributed by atoms with Crippen LogP contribution in [0.1, 0.15) is 10.5 Å². The van der Waals surface area contributed by atoms with Crippen LogP contribution in [0.15, 0.2) is 31.0 Å². The fraction of sp³-hybridized carbons (Fsp3) is 0.385. The molecule has 96 valence electrons. The number of hydrogen-bond acceptors (Lipinski definition) is 4. The molecule has 0 saturated carbocycles. The van der Waals surface area contributed by atoms with Crippen LogP contribution >= 0.6 is 0 Å². The number of anilines is 1. The Labute approximate surface area is 106 Å². The number of morpholine rings is 1. The molecule has 18 heavy (non-hydrogen) atoms. The molecule has 0 aliphatic carbocycles. The maximum absolute atomic E-state index is 11.8. The van der Waals surface area contributed by atoms with Gasteiger partial charge in [-0.2, -0.15) is 0 Å². The fourth-order valence-corrected chi connectivity index (χ4v) is 1.82. The monoisotopic (exact) mass is 247 g/mol. The molecular weight excluding hydrogens is 230 g/mol. The lowest BCUT2D eigenvalue weighted by Gasteiger charge is -2.28. The quantitative estimate of drug-likeness (QED) is 0.801. The van der Waals surface area contributed by atoms with E-state index in [0.717, 1.165) is 32.0 Å². The van der Waals surface area contributed by atoms with E-state index >= 15 is 0 Å². The van der Waals surface area contributed by atoms with Crippen molar-refractivity contribution in [1.82, 2.24) is 10.3 Å². The Balaban J connectivity index is 2.08. The largest absolute Gasteiger partial charge is 0.378 e. The molecule has 0 spiro atoms. The van der Waals surface area contributed by atoms with E-state index in [4.69, 9.17) is 4.74 Å². The van der Waals surface area contributed by atoms with Crippen LogP contribution in [0.4, 0.5) is 5.69 Å². The minimum atomic E-state index is -0.176. The molecule has 1 N–H and O–H groups in total. The number of carbonyl (C=O) groups excluding carboxylic acids is 1. The summed E-state index contributed by atoms with van der Waals surface area (Å²) in [5, 5.41) is 2.72. The van der Waals surface area contributed by atoms with Crippen LogP contribution in [0, 0.1) is 0 Å². The summed E-state index contributed by atoms with van der Waals surface area (Å²) in [6.07, 6.45) is 3.30. The number of hydrogen-bond donors (Lipinski definition) is 1. The minimum absolute atomic E-state index is 0.176. The molecule has 2 rings (SSSR count). The van der Waals surface area contributed by atoms with E-state index in [2.05, 4.69) is 21.8 Å². The van der Waals surface area contributed by atoms with Crippen LogP contribution in [0.25, 0.3) is 0 Å². The van der Waals surface area contributed by atoms with Gasteiger partial charge in [0, 0.05) is 31.5 Å². The van der Waals surface area contributed by atoms with E-state index in [1.54, 1.807) is 12.3 Å². The Morgan fingerprint density at radius 3 is 3.06 bits per heavy atom. The molecule has 1 saturated heterocycles. The van der Waals surface area contributed by atoms with Crippen molar-refractivity contribution in [1.29, 1.82) is 0 Å². The van der Waals surface area contributed by atoms with Gasteiger partial charge in [-0.15, -0.1) is 6.58 Å². The standard InChI is InChI=1S/C13H17N3O2/c1-2-4-15-13(17)12-10-11(3-5-14-12)16-6-8-18-9-7-16/h2-3,5,10H,1,4,6-9H2,(H,15,17). The van der Waals surface area contributed by atoms with Crippen LogP contribution in [0.5, 0.6) is 0 Å². The zero-order valence-corrected chi connectivity index (χ0v) is 10.3. The third-order valence-corrected chi connectivity index (χ3v) is 2.76. The Hall–Kier alpha value is -1.88. The molecule has 0 aromatic carbocycles. The summed E-state index contributed by atoms with van der Waals surface area (Å²) in [5.74, 6) is -0.176. The average Bonchev–Trinajstić information content (AvgIpc) is 2.46. The molecule has 1 aliphatic rings. The third-order valence-electron chi connectivity index (χ3n) is 2.76. The van der Waals surface area contributed by atoms with Crippen molar-refractivity contribution in [3.63, 3.8) is 0 Å². The highest BCUT2D eigenvalue weighted by atomic mass is 16.5. The smallest absolute Gasteiger partial charge is 0.270 e. The summed E-state index contributed by atoms with van der Waals surface area (Å²) >= 11 is 0. The van der Waals surface area contributed by atoms with Gasteiger partial charge < -0.3 is 15.0 Å². The minimum Gasteiger partial charge on any atom is -0.378 e. The zero-order chi connectivity index (χ0) is 12.8. The van der Waals surface area contributed by atoms with Gasteiger partial charge in [0.15, 0.2) is 0 Å². The second-order valence-electron chi connectivity index (χ2n) is 4.00. The van der Waals surface area contributed by atoms with Crippen molar-refractivity contribution in [2.45, 2.75) is 0 Å². The molecule has 1 amide bonds. The van der Waals surface area contributed by atoms with E-state index < -0.39 is 0 Å². The first-order valence-corrected chi connectivity index (χ1v) is 5.99. The molecule has 0 radical (unpaired) electrons. The summed E-state index contributed by atoms with van der Waals surface area (Å²) < 4.78 is 5.30. The van der Waals surface area contributed by atoms with E-state index in [0.29, 0.717) is 12.2 Å². The highest BCUT2D eigenvalue weighted by Gasteiger charge is 2.13. The lowest BCUT2D eigenvalue weighted by molar-refractivity contribution is 0.0953. The molecule has 0 atom stereocenters. The van der Waals surface area contributed by atoms with Gasteiger partial charge in [0.2, 0.25) is 0 Å². The number of rotatable bonds is 4. The van der Waals surface area contributed by atoms with Gasteiger partial charge in [-0.25, -0.2) is 0 Å². The number of amides is 1. The van der Waals surface area contributed by atoms with Gasteiger partial charge >= 0.3 is 0 Å². The van der Waals surface area contributed by atoms with Crippen molar-refractivity contribution >= 4 is 11.6 Å². The normalized spacial score (nSPS) is 15.2. The summed E-state index contributed by atoms with van der Waals surface area (Å²) in [6, 6.07) is 3.72. The highest BCUT2D eigenvalue weighted by Crippen LogP contribution is 2.15. The summed E-state index contributed by atoms with van der Waals surface area (Å²) in [7, 11) is 0. The molecule has 0 bridgehead atoms. The number of ether oxygens (including phenoxy) is 1. The first kappa shape index (κ1) is 12.6. The lowest BCUT2D eigenvalue weighted by Crippen LogP contribution is -2.36. The predicted molar refractivity (Wildman–Crippen MR) is 69.8 cm³/mol.